The Bertz CT molecular complexity index is 420. The maximum absolute atomic E-state index is 13.1. The van der Waals surface area contributed by atoms with Crippen LogP contribution in [0.5, 0.6) is 0 Å². The highest BCUT2D eigenvalue weighted by Crippen LogP contribution is 2.22. The van der Waals surface area contributed by atoms with Crippen LogP contribution >= 0.6 is 0 Å². The number of hydrogen-bond donors (Lipinski definition) is 1. The van der Waals surface area contributed by atoms with Crippen LogP contribution in [0, 0.1) is 5.82 Å². The smallest absolute Gasteiger partial charge is 0.228 e. The van der Waals surface area contributed by atoms with Crippen LogP contribution in [0.4, 0.5) is 10.1 Å². The summed E-state index contributed by atoms with van der Waals surface area (Å²) < 4.78 is 13.1. The molecule has 4 heteroatoms. The molecule has 0 radical (unpaired) electrons. The Kier molecular flexibility index (Phi) is 3.43. The second-order valence-corrected chi connectivity index (χ2v) is 4.71. The van der Waals surface area contributed by atoms with Gasteiger partial charge in [0.1, 0.15) is 5.82 Å². The average molecular weight is 236 g/mol. The van der Waals surface area contributed by atoms with E-state index in [-0.39, 0.29) is 17.8 Å². The highest BCUT2D eigenvalue weighted by atomic mass is 19.1. The van der Waals surface area contributed by atoms with Crippen LogP contribution in [0.2, 0.25) is 0 Å². The third-order valence-electron chi connectivity index (χ3n) is 2.81. The van der Waals surface area contributed by atoms with E-state index in [2.05, 4.69) is 19.2 Å². The Labute approximate surface area is 101 Å². The Balaban J connectivity index is 2.10. The zero-order valence-electron chi connectivity index (χ0n) is 10.1. The quantitative estimate of drug-likeness (QED) is 0.869. The molecule has 1 aliphatic heterocycles. The molecule has 1 heterocycles. The van der Waals surface area contributed by atoms with Gasteiger partial charge in [0.25, 0.3) is 0 Å². The number of carbonyl (C=O) groups excluding carboxylic acids is 1. The third kappa shape index (κ3) is 2.82. The molecule has 1 aliphatic rings. The van der Waals surface area contributed by atoms with E-state index < -0.39 is 0 Å². The summed E-state index contributed by atoms with van der Waals surface area (Å²) in [7, 11) is 0. The minimum Gasteiger partial charge on any atom is -0.311 e. The zero-order valence-corrected chi connectivity index (χ0v) is 10.1. The summed E-state index contributed by atoms with van der Waals surface area (Å²) in [5.41, 5.74) is 0.642. The fourth-order valence-corrected chi connectivity index (χ4v) is 2.18. The van der Waals surface area contributed by atoms with E-state index >= 15 is 0 Å². The van der Waals surface area contributed by atoms with Crippen molar-refractivity contribution >= 4 is 11.6 Å². The monoisotopic (exact) mass is 236 g/mol. The Morgan fingerprint density at radius 3 is 2.88 bits per heavy atom. The van der Waals surface area contributed by atoms with Gasteiger partial charge in [-0.25, -0.2) is 4.39 Å². The van der Waals surface area contributed by atoms with Crippen LogP contribution in [0.3, 0.4) is 0 Å². The Morgan fingerprint density at radius 2 is 2.24 bits per heavy atom. The van der Waals surface area contributed by atoms with Crippen molar-refractivity contribution in [3.63, 3.8) is 0 Å². The zero-order chi connectivity index (χ0) is 12.4. The predicted octanol–water partition coefficient (Wildman–Crippen LogP) is 1.93. The van der Waals surface area contributed by atoms with Crippen molar-refractivity contribution < 1.29 is 9.18 Å². The molecule has 2 rings (SSSR count). The molecule has 3 nitrogen and oxygen atoms in total. The molecule has 1 atom stereocenters. The van der Waals surface area contributed by atoms with Gasteiger partial charge < -0.3 is 10.2 Å². The van der Waals surface area contributed by atoms with Crippen LogP contribution in [-0.2, 0) is 4.79 Å². The van der Waals surface area contributed by atoms with Crippen LogP contribution in [0.1, 0.15) is 20.3 Å². The molecule has 0 aromatic heterocycles. The summed E-state index contributed by atoms with van der Waals surface area (Å²) in [4.78, 5) is 13.5. The van der Waals surface area contributed by atoms with Gasteiger partial charge in [-0.2, -0.15) is 0 Å². The van der Waals surface area contributed by atoms with Crippen molar-refractivity contribution in [3.05, 3.63) is 30.1 Å². The minimum absolute atomic E-state index is 0.0498. The Morgan fingerprint density at radius 1 is 1.47 bits per heavy atom. The third-order valence-corrected chi connectivity index (χ3v) is 2.81. The van der Waals surface area contributed by atoms with Gasteiger partial charge >= 0.3 is 0 Å². The molecule has 1 aromatic carbocycles. The summed E-state index contributed by atoms with van der Waals surface area (Å²) >= 11 is 0. The van der Waals surface area contributed by atoms with Crippen LogP contribution in [0.15, 0.2) is 24.3 Å². The lowest BCUT2D eigenvalue weighted by molar-refractivity contribution is -0.117. The van der Waals surface area contributed by atoms with E-state index in [0.717, 1.165) is 0 Å². The molecule has 1 fully saturated rings. The lowest BCUT2D eigenvalue weighted by Crippen LogP contribution is -2.37. The van der Waals surface area contributed by atoms with Gasteiger partial charge in [-0.1, -0.05) is 19.9 Å². The predicted molar refractivity (Wildman–Crippen MR) is 65.4 cm³/mol. The van der Waals surface area contributed by atoms with Crippen molar-refractivity contribution in [1.82, 2.24) is 5.32 Å². The lowest BCUT2D eigenvalue weighted by Gasteiger charge is -2.18. The Hall–Kier alpha value is -1.42. The molecule has 1 amide bonds. The van der Waals surface area contributed by atoms with E-state index in [1.807, 2.05) is 0 Å². The number of carbonyl (C=O) groups is 1. The standard InChI is InChI=1S/C13H17FN2O/c1-9(2)15-11-7-13(17)16(8-11)12-5-3-4-10(14)6-12/h3-6,9,11,15H,7-8H2,1-2H3. The molecule has 0 saturated carbocycles. The molecule has 17 heavy (non-hydrogen) atoms. The van der Waals surface area contributed by atoms with Crippen molar-refractivity contribution in [2.24, 2.45) is 0 Å². The van der Waals surface area contributed by atoms with Gasteiger partial charge in [0.2, 0.25) is 5.91 Å². The number of halogens is 1. The highest BCUT2D eigenvalue weighted by Gasteiger charge is 2.30. The van der Waals surface area contributed by atoms with Crippen molar-refractivity contribution in [1.29, 1.82) is 0 Å². The lowest BCUT2D eigenvalue weighted by atomic mass is 10.2. The van der Waals surface area contributed by atoms with E-state index in [0.29, 0.717) is 24.7 Å². The number of rotatable bonds is 3. The second kappa shape index (κ2) is 4.84. The molecule has 92 valence electrons. The highest BCUT2D eigenvalue weighted by molar-refractivity contribution is 5.96. The molecule has 0 aliphatic carbocycles. The van der Waals surface area contributed by atoms with Crippen LogP contribution in [0.25, 0.3) is 0 Å². The SMILES string of the molecule is CC(C)NC1CC(=O)N(c2cccc(F)c2)C1. The fraction of sp³-hybridized carbons (Fsp3) is 0.462. The molecule has 0 bridgehead atoms. The first kappa shape index (κ1) is 12.0. The molecule has 1 aromatic rings. The van der Waals surface area contributed by atoms with Gasteiger partial charge in [-0.05, 0) is 18.2 Å². The molecule has 0 spiro atoms. The van der Waals surface area contributed by atoms with E-state index in [1.165, 1.54) is 12.1 Å². The van der Waals surface area contributed by atoms with Gasteiger partial charge in [-0.3, -0.25) is 4.79 Å². The summed E-state index contributed by atoms with van der Waals surface area (Å²) in [6, 6.07) is 6.68. The first-order valence-corrected chi connectivity index (χ1v) is 5.88. The van der Waals surface area contributed by atoms with Gasteiger partial charge in [-0.15, -0.1) is 0 Å². The van der Waals surface area contributed by atoms with E-state index in [4.69, 9.17) is 0 Å². The minimum atomic E-state index is -0.310. The van der Waals surface area contributed by atoms with Crippen LogP contribution in [-0.4, -0.2) is 24.5 Å². The van der Waals surface area contributed by atoms with Gasteiger partial charge in [0, 0.05) is 30.7 Å². The fourth-order valence-electron chi connectivity index (χ4n) is 2.18. The normalized spacial score (nSPS) is 20.4. The summed E-state index contributed by atoms with van der Waals surface area (Å²) in [6.45, 7) is 4.71. The number of amides is 1. The molecule has 1 unspecified atom stereocenters. The first-order valence-electron chi connectivity index (χ1n) is 5.88. The summed E-state index contributed by atoms with van der Waals surface area (Å²) in [5.74, 6) is -0.260. The number of nitrogens with one attached hydrogen (secondary N) is 1. The topological polar surface area (TPSA) is 32.3 Å². The van der Waals surface area contributed by atoms with E-state index in [1.54, 1.807) is 17.0 Å². The second-order valence-electron chi connectivity index (χ2n) is 4.71. The number of hydrogen-bond acceptors (Lipinski definition) is 2. The molecule has 1 N–H and O–H groups in total. The summed E-state index contributed by atoms with van der Waals surface area (Å²) in [6.07, 6.45) is 0.481. The van der Waals surface area contributed by atoms with E-state index in [9.17, 15) is 9.18 Å². The van der Waals surface area contributed by atoms with Crippen LogP contribution < -0.4 is 10.2 Å². The maximum Gasteiger partial charge on any atom is 0.228 e. The first-order chi connectivity index (χ1) is 8.06. The molecular weight excluding hydrogens is 219 g/mol. The summed E-state index contributed by atoms with van der Waals surface area (Å²) in [5, 5.41) is 3.33. The number of anilines is 1. The van der Waals surface area contributed by atoms with Gasteiger partial charge in [0.15, 0.2) is 0 Å². The maximum atomic E-state index is 13.1. The largest absolute Gasteiger partial charge is 0.311 e. The van der Waals surface area contributed by atoms with Crippen molar-refractivity contribution in [2.75, 3.05) is 11.4 Å². The molecule has 1 saturated heterocycles. The number of benzene rings is 1. The van der Waals surface area contributed by atoms with Crippen molar-refractivity contribution in [3.8, 4) is 0 Å². The average Bonchev–Trinajstić information content (AvgIpc) is 2.58. The van der Waals surface area contributed by atoms with Crippen molar-refractivity contribution in [2.45, 2.75) is 32.4 Å². The molecular formula is C13H17FN2O. The van der Waals surface area contributed by atoms with Gasteiger partial charge in [0.05, 0.1) is 0 Å². The number of nitrogens with zero attached hydrogens (tertiary/aromatic N) is 1.